The van der Waals surface area contributed by atoms with Gasteiger partial charge in [0.1, 0.15) is 11.3 Å². The number of ketones is 1. The number of Topliss-reactive ketones (excluding diaryl/α,β-unsaturated/α-hetero) is 1. The second-order valence-corrected chi connectivity index (χ2v) is 9.21. The van der Waals surface area contributed by atoms with Crippen LogP contribution >= 0.6 is 0 Å². The highest BCUT2D eigenvalue weighted by Gasteiger charge is 2.24. The number of rotatable bonds is 6. The van der Waals surface area contributed by atoms with Gasteiger partial charge in [-0.05, 0) is 36.1 Å². The third kappa shape index (κ3) is 5.42. The molecule has 2 N–H and O–H groups in total. The van der Waals surface area contributed by atoms with Crippen LogP contribution in [0.2, 0.25) is 0 Å². The molecule has 0 aromatic heterocycles. The normalized spacial score (nSPS) is 12.9. The van der Waals surface area contributed by atoms with Crippen LogP contribution in [-0.4, -0.2) is 33.4 Å². The first-order chi connectivity index (χ1) is 13.3. The number of nitrogens with two attached hydrogens (primary N) is 1. The summed E-state index contributed by atoms with van der Waals surface area (Å²) >= 11 is 0. The van der Waals surface area contributed by atoms with Crippen LogP contribution in [-0.2, 0) is 20.2 Å². The molecule has 2 rings (SSSR count). The Labute approximate surface area is 170 Å². The lowest BCUT2D eigenvalue weighted by Gasteiger charge is -2.19. The zero-order chi connectivity index (χ0) is 22.0. The maximum Gasteiger partial charge on any atom is 0.342 e. The zero-order valence-electron chi connectivity index (χ0n) is 17.1. The van der Waals surface area contributed by atoms with Crippen molar-refractivity contribution in [1.29, 1.82) is 0 Å². The number of esters is 1. The Balaban J connectivity index is 2.23. The van der Waals surface area contributed by atoms with Crippen molar-refractivity contribution in [2.45, 2.75) is 44.1 Å². The van der Waals surface area contributed by atoms with E-state index in [2.05, 4.69) is 20.8 Å². The van der Waals surface area contributed by atoms with Gasteiger partial charge in [-0.3, -0.25) is 4.79 Å². The summed E-state index contributed by atoms with van der Waals surface area (Å²) in [4.78, 5) is 24.9. The SMILES string of the molecule is COc1ccc(S(N)(=O)=O)cc1C(=O)O[C@@H](C)C(=O)c1ccc(C(C)(C)C)cc1. The molecule has 0 spiro atoms. The highest BCUT2D eigenvalue weighted by Crippen LogP contribution is 2.25. The van der Waals surface area contributed by atoms with E-state index in [1.165, 1.54) is 26.2 Å². The Morgan fingerprint density at radius 1 is 1.03 bits per heavy atom. The fourth-order valence-corrected chi connectivity index (χ4v) is 3.21. The monoisotopic (exact) mass is 419 g/mol. The van der Waals surface area contributed by atoms with Crippen LogP contribution in [0.25, 0.3) is 0 Å². The van der Waals surface area contributed by atoms with E-state index in [1.807, 2.05) is 12.1 Å². The predicted molar refractivity (Wildman–Crippen MR) is 109 cm³/mol. The maximum atomic E-state index is 12.6. The van der Waals surface area contributed by atoms with E-state index in [0.717, 1.165) is 11.6 Å². The summed E-state index contributed by atoms with van der Waals surface area (Å²) in [6, 6.07) is 10.7. The van der Waals surface area contributed by atoms with Crippen molar-refractivity contribution in [2.75, 3.05) is 7.11 Å². The fourth-order valence-electron chi connectivity index (χ4n) is 2.67. The van der Waals surface area contributed by atoms with Crippen molar-refractivity contribution in [3.05, 3.63) is 59.2 Å². The minimum absolute atomic E-state index is 0.0510. The summed E-state index contributed by atoms with van der Waals surface area (Å²) in [6.07, 6.45) is -1.08. The number of hydrogen-bond donors (Lipinski definition) is 1. The van der Waals surface area contributed by atoms with Crippen LogP contribution in [0.1, 0.15) is 54.0 Å². The molecular weight excluding hydrogens is 394 g/mol. The molecule has 0 aliphatic carbocycles. The second kappa shape index (κ2) is 8.34. The Morgan fingerprint density at radius 3 is 2.10 bits per heavy atom. The molecule has 29 heavy (non-hydrogen) atoms. The third-order valence-electron chi connectivity index (χ3n) is 4.41. The Kier molecular flexibility index (Phi) is 6.50. The molecule has 2 aromatic rings. The Bertz CT molecular complexity index is 1020. The van der Waals surface area contributed by atoms with Gasteiger partial charge in [-0.25, -0.2) is 18.4 Å². The van der Waals surface area contributed by atoms with Gasteiger partial charge in [-0.15, -0.1) is 0 Å². The van der Waals surface area contributed by atoms with E-state index in [9.17, 15) is 18.0 Å². The summed E-state index contributed by atoms with van der Waals surface area (Å²) in [5.41, 5.74) is 1.29. The molecule has 0 amide bonds. The predicted octanol–water partition coefficient (Wildman–Crippen LogP) is 3.07. The minimum Gasteiger partial charge on any atom is -0.496 e. The van der Waals surface area contributed by atoms with Gasteiger partial charge >= 0.3 is 5.97 Å². The molecule has 7 nitrogen and oxygen atoms in total. The van der Waals surface area contributed by atoms with Crippen LogP contribution in [0, 0.1) is 0 Å². The number of hydrogen-bond acceptors (Lipinski definition) is 6. The van der Waals surface area contributed by atoms with Crippen molar-refractivity contribution in [3.8, 4) is 5.75 Å². The zero-order valence-corrected chi connectivity index (χ0v) is 17.9. The Morgan fingerprint density at radius 2 is 1.62 bits per heavy atom. The topological polar surface area (TPSA) is 113 Å². The van der Waals surface area contributed by atoms with Gasteiger partial charge in [0, 0.05) is 5.56 Å². The van der Waals surface area contributed by atoms with Crippen molar-refractivity contribution in [2.24, 2.45) is 5.14 Å². The van der Waals surface area contributed by atoms with Gasteiger partial charge in [0.2, 0.25) is 15.8 Å². The van der Waals surface area contributed by atoms with Crippen molar-refractivity contribution >= 4 is 21.8 Å². The van der Waals surface area contributed by atoms with E-state index in [-0.39, 0.29) is 27.4 Å². The number of sulfonamides is 1. The van der Waals surface area contributed by atoms with Crippen LogP contribution in [0.5, 0.6) is 5.75 Å². The van der Waals surface area contributed by atoms with Crippen molar-refractivity contribution < 1.29 is 27.5 Å². The van der Waals surface area contributed by atoms with E-state index in [4.69, 9.17) is 14.6 Å². The summed E-state index contributed by atoms with van der Waals surface area (Å²) in [6.45, 7) is 7.65. The molecule has 0 bridgehead atoms. The van der Waals surface area contributed by atoms with Gasteiger partial charge in [-0.2, -0.15) is 0 Å². The molecule has 0 heterocycles. The average molecular weight is 419 g/mol. The standard InChI is InChI=1S/C21H25NO6S/c1-13(19(23)14-6-8-15(9-7-14)21(2,3)4)28-20(24)17-12-16(29(22,25)26)10-11-18(17)27-5/h6-13H,1-5H3,(H2,22,25,26)/t13-/m0/s1. The number of carbonyl (C=O) groups excluding carboxylic acids is 2. The van der Waals surface area contributed by atoms with Gasteiger partial charge in [0.15, 0.2) is 6.10 Å². The lowest BCUT2D eigenvalue weighted by molar-refractivity contribution is 0.0315. The molecule has 8 heteroatoms. The largest absolute Gasteiger partial charge is 0.496 e. The van der Waals surface area contributed by atoms with Gasteiger partial charge in [0.25, 0.3) is 0 Å². The molecule has 0 fully saturated rings. The summed E-state index contributed by atoms with van der Waals surface area (Å²) < 4.78 is 33.4. The molecule has 0 aliphatic rings. The number of methoxy groups -OCH3 is 1. The fraction of sp³-hybridized carbons (Fsp3) is 0.333. The first-order valence-electron chi connectivity index (χ1n) is 8.91. The van der Waals surface area contributed by atoms with E-state index < -0.39 is 22.1 Å². The minimum atomic E-state index is -4.02. The summed E-state index contributed by atoms with van der Waals surface area (Å²) in [5, 5.41) is 5.11. The van der Waals surface area contributed by atoms with Gasteiger partial charge in [-0.1, -0.05) is 45.0 Å². The molecule has 0 aliphatic heterocycles. The highest BCUT2D eigenvalue weighted by molar-refractivity contribution is 7.89. The molecule has 1 atom stereocenters. The lowest BCUT2D eigenvalue weighted by atomic mass is 9.86. The van der Waals surface area contributed by atoms with Gasteiger partial charge < -0.3 is 9.47 Å². The van der Waals surface area contributed by atoms with E-state index in [1.54, 1.807) is 12.1 Å². The second-order valence-electron chi connectivity index (χ2n) is 7.65. The smallest absolute Gasteiger partial charge is 0.342 e. The maximum absolute atomic E-state index is 12.6. The number of ether oxygens (including phenoxy) is 2. The van der Waals surface area contributed by atoms with Crippen molar-refractivity contribution in [3.63, 3.8) is 0 Å². The highest BCUT2D eigenvalue weighted by atomic mass is 32.2. The molecule has 0 radical (unpaired) electrons. The quantitative estimate of drug-likeness (QED) is 0.569. The van der Waals surface area contributed by atoms with E-state index in [0.29, 0.717) is 5.56 Å². The first-order valence-corrected chi connectivity index (χ1v) is 10.5. The molecule has 0 saturated carbocycles. The molecule has 0 unspecified atom stereocenters. The third-order valence-corrected chi connectivity index (χ3v) is 5.32. The van der Waals surface area contributed by atoms with Crippen LogP contribution in [0.3, 0.4) is 0 Å². The number of benzene rings is 2. The lowest BCUT2D eigenvalue weighted by Crippen LogP contribution is -2.25. The number of carbonyl (C=O) groups is 2. The molecule has 156 valence electrons. The Hall–Kier alpha value is -2.71. The van der Waals surface area contributed by atoms with Crippen molar-refractivity contribution in [1.82, 2.24) is 0 Å². The van der Waals surface area contributed by atoms with Crippen LogP contribution in [0.15, 0.2) is 47.4 Å². The summed E-state index contributed by atoms with van der Waals surface area (Å²) in [5.74, 6) is -1.16. The van der Waals surface area contributed by atoms with Crippen LogP contribution in [0.4, 0.5) is 0 Å². The number of primary sulfonamides is 1. The molecule has 2 aromatic carbocycles. The molecule has 0 saturated heterocycles. The van der Waals surface area contributed by atoms with Crippen LogP contribution < -0.4 is 9.88 Å². The van der Waals surface area contributed by atoms with E-state index >= 15 is 0 Å². The first kappa shape index (κ1) is 22.6. The van der Waals surface area contributed by atoms with Gasteiger partial charge in [0.05, 0.1) is 12.0 Å². The molecular formula is C21H25NO6S. The average Bonchev–Trinajstić information content (AvgIpc) is 2.65. The summed E-state index contributed by atoms with van der Waals surface area (Å²) in [7, 11) is -2.69.